The van der Waals surface area contributed by atoms with Gasteiger partial charge in [0.2, 0.25) is 0 Å². The van der Waals surface area contributed by atoms with Crippen molar-refractivity contribution in [2.75, 3.05) is 0 Å². The number of benzene rings is 2. The van der Waals surface area contributed by atoms with Crippen LogP contribution < -0.4 is 10.1 Å². The molecule has 1 fully saturated rings. The first-order chi connectivity index (χ1) is 14.6. The molecular weight excluding hydrogens is 398 g/mol. The predicted molar refractivity (Wildman–Crippen MR) is 113 cm³/mol. The number of nitrogens with zero attached hydrogens (tertiary/aromatic N) is 2. The largest absolute Gasteiger partial charge is 0.486 e. The molecule has 0 bridgehead atoms. The van der Waals surface area contributed by atoms with Crippen LogP contribution >= 0.6 is 11.3 Å². The lowest BCUT2D eigenvalue weighted by atomic mass is 9.78. The van der Waals surface area contributed by atoms with E-state index < -0.39 is 5.54 Å². The number of aryl methyl sites for hydroxylation is 1. The first-order valence-corrected chi connectivity index (χ1v) is 10.8. The SMILES string of the molecule is O=C1NC2(CCc3ccccc3C2)C(=O)N1Cc1csc(COc2ccccc2)n1. The van der Waals surface area contributed by atoms with Gasteiger partial charge in [0.15, 0.2) is 0 Å². The highest BCUT2D eigenvalue weighted by atomic mass is 32.1. The average molecular weight is 420 g/mol. The molecule has 3 aromatic rings. The van der Waals surface area contributed by atoms with Crippen molar-refractivity contribution in [1.29, 1.82) is 0 Å². The number of fused-ring (bicyclic) bond motifs is 1. The number of rotatable bonds is 5. The van der Waals surface area contributed by atoms with Crippen molar-refractivity contribution in [1.82, 2.24) is 15.2 Å². The lowest BCUT2D eigenvalue weighted by molar-refractivity contribution is -0.132. The molecule has 3 amide bonds. The van der Waals surface area contributed by atoms with E-state index in [-0.39, 0.29) is 18.5 Å². The molecule has 1 aromatic heterocycles. The molecule has 152 valence electrons. The maximum absolute atomic E-state index is 13.2. The summed E-state index contributed by atoms with van der Waals surface area (Å²) >= 11 is 1.47. The molecule has 6 nitrogen and oxygen atoms in total. The Kier molecular flexibility index (Phi) is 4.75. The van der Waals surface area contributed by atoms with Crippen LogP contribution in [-0.4, -0.2) is 27.4 Å². The Morgan fingerprint density at radius 3 is 2.67 bits per heavy atom. The van der Waals surface area contributed by atoms with Crippen molar-refractivity contribution in [3.8, 4) is 5.75 Å². The molecule has 30 heavy (non-hydrogen) atoms. The smallest absolute Gasteiger partial charge is 0.325 e. The molecule has 1 spiro atoms. The predicted octanol–water partition coefficient (Wildman–Crippen LogP) is 3.70. The number of para-hydroxylation sites is 1. The summed E-state index contributed by atoms with van der Waals surface area (Å²) in [5.41, 5.74) is 2.25. The van der Waals surface area contributed by atoms with Crippen molar-refractivity contribution >= 4 is 23.3 Å². The number of thiazole rings is 1. The topological polar surface area (TPSA) is 71.5 Å². The standard InChI is InChI=1S/C23H21N3O3S/c27-21-23(11-10-16-6-4-5-7-17(16)12-23)25-22(28)26(21)13-18-15-30-20(24-18)14-29-19-8-2-1-3-9-19/h1-9,15H,10-14H2,(H,25,28). The zero-order valence-electron chi connectivity index (χ0n) is 16.3. The molecule has 5 rings (SSSR count). The molecule has 2 aromatic carbocycles. The highest BCUT2D eigenvalue weighted by molar-refractivity contribution is 7.09. The van der Waals surface area contributed by atoms with Gasteiger partial charge in [-0.25, -0.2) is 9.78 Å². The van der Waals surface area contributed by atoms with E-state index in [4.69, 9.17) is 4.74 Å². The van der Waals surface area contributed by atoms with Crippen LogP contribution in [0.4, 0.5) is 4.79 Å². The van der Waals surface area contributed by atoms with Crippen LogP contribution in [-0.2, 0) is 30.8 Å². The van der Waals surface area contributed by atoms with E-state index in [0.29, 0.717) is 25.1 Å². The zero-order valence-corrected chi connectivity index (χ0v) is 17.2. The fraction of sp³-hybridized carbons (Fsp3) is 0.261. The van der Waals surface area contributed by atoms with E-state index in [1.54, 1.807) is 0 Å². The molecule has 0 radical (unpaired) electrons. The number of carbonyl (C=O) groups is 2. The number of ether oxygens (including phenoxy) is 1. The molecule has 1 aliphatic carbocycles. The van der Waals surface area contributed by atoms with E-state index in [1.165, 1.54) is 21.8 Å². The highest BCUT2D eigenvalue weighted by Gasteiger charge is 2.52. The molecule has 1 atom stereocenters. The Bertz CT molecular complexity index is 1100. The van der Waals surface area contributed by atoms with Gasteiger partial charge < -0.3 is 10.1 Å². The van der Waals surface area contributed by atoms with Crippen LogP contribution in [0.5, 0.6) is 5.75 Å². The summed E-state index contributed by atoms with van der Waals surface area (Å²) in [5, 5.41) is 5.66. The fourth-order valence-electron chi connectivity index (χ4n) is 4.16. The lowest BCUT2D eigenvalue weighted by Crippen LogP contribution is -2.51. The molecule has 7 heteroatoms. The second-order valence-corrected chi connectivity index (χ2v) is 8.63. The Labute approximate surface area is 178 Å². The molecule has 2 heterocycles. The minimum atomic E-state index is -0.833. The van der Waals surface area contributed by atoms with Crippen molar-refractivity contribution in [2.45, 2.75) is 38.0 Å². The van der Waals surface area contributed by atoms with Gasteiger partial charge in [-0.05, 0) is 36.1 Å². The Hall–Kier alpha value is -3.19. The number of aromatic nitrogens is 1. The molecule has 1 N–H and O–H groups in total. The second kappa shape index (κ2) is 7.57. The molecule has 0 saturated carbocycles. The van der Waals surface area contributed by atoms with Gasteiger partial charge in [0, 0.05) is 11.8 Å². The third kappa shape index (κ3) is 3.45. The minimum absolute atomic E-state index is 0.155. The fourth-order valence-corrected chi connectivity index (χ4v) is 4.85. The summed E-state index contributed by atoms with van der Waals surface area (Å²) in [6.07, 6.45) is 1.95. The van der Waals surface area contributed by atoms with Crippen molar-refractivity contribution in [3.63, 3.8) is 0 Å². The van der Waals surface area contributed by atoms with Crippen LogP contribution in [0.25, 0.3) is 0 Å². The van der Waals surface area contributed by atoms with Crippen molar-refractivity contribution in [2.24, 2.45) is 0 Å². The summed E-state index contributed by atoms with van der Waals surface area (Å²) in [6.45, 7) is 0.533. The molecule has 1 aliphatic heterocycles. The van der Waals surface area contributed by atoms with Gasteiger partial charge in [0.05, 0.1) is 12.2 Å². The second-order valence-electron chi connectivity index (χ2n) is 7.68. The molecule has 1 saturated heterocycles. The summed E-state index contributed by atoms with van der Waals surface area (Å²) in [7, 11) is 0. The molecular formula is C23H21N3O3S. The molecule has 2 aliphatic rings. The Morgan fingerprint density at radius 2 is 1.83 bits per heavy atom. The van der Waals surface area contributed by atoms with Crippen LogP contribution in [0.15, 0.2) is 60.0 Å². The van der Waals surface area contributed by atoms with Gasteiger partial charge in [0.25, 0.3) is 5.91 Å². The van der Waals surface area contributed by atoms with E-state index in [1.807, 2.05) is 53.9 Å². The van der Waals surface area contributed by atoms with Gasteiger partial charge in [-0.3, -0.25) is 9.69 Å². The zero-order chi connectivity index (χ0) is 20.6. The van der Waals surface area contributed by atoms with Gasteiger partial charge in [-0.2, -0.15) is 0 Å². The summed E-state index contributed by atoms with van der Waals surface area (Å²) < 4.78 is 5.73. The van der Waals surface area contributed by atoms with Gasteiger partial charge >= 0.3 is 6.03 Å². The average Bonchev–Trinajstić information content (AvgIpc) is 3.31. The monoisotopic (exact) mass is 419 g/mol. The third-order valence-electron chi connectivity index (χ3n) is 5.70. The normalized spacial score (nSPS) is 20.3. The Morgan fingerprint density at radius 1 is 1.07 bits per heavy atom. The van der Waals surface area contributed by atoms with Crippen LogP contribution in [0, 0.1) is 0 Å². The van der Waals surface area contributed by atoms with Gasteiger partial charge in [-0.15, -0.1) is 11.3 Å². The molecule has 1 unspecified atom stereocenters. The van der Waals surface area contributed by atoms with E-state index in [0.717, 1.165) is 22.7 Å². The van der Waals surface area contributed by atoms with Gasteiger partial charge in [-0.1, -0.05) is 42.5 Å². The quantitative estimate of drug-likeness (QED) is 0.640. The Balaban J connectivity index is 1.26. The first kappa shape index (κ1) is 18.8. The van der Waals surface area contributed by atoms with E-state index in [2.05, 4.69) is 16.4 Å². The van der Waals surface area contributed by atoms with Crippen LogP contribution in [0.1, 0.15) is 28.2 Å². The number of amides is 3. The number of carbonyl (C=O) groups excluding carboxylic acids is 2. The number of hydrogen-bond acceptors (Lipinski definition) is 5. The number of nitrogens with one attached hydrogen (secondary N) is 1. The van der Waals surface area contributed by atoms with E-state index in [9.17, 15) is 9.59 Å². The highest BCUT2D eigenvalue weighted by Crippen LogP contribution is 2.34. The lowest BCUT2D eigenvalue weighted by Gasteiger charge is -2.32. The number of urea groups is 1. The number of hydrogen-bond donors (Lipinski definition) is 1. The maximum Gasteiger partial charge on any atom is 0.325 e. The number of imide groups is 1. The summed E-state index contributed by atoms with van der Waals surface area (Å²) in [6, 6.07) is 17.3. The first-order valence-electron chi connectivity index (χ1n) is 9.95. The van der Waals surface area contributed by atoms with Gasteiger partial charge in [0.1, 0.15) is 22.9 Å². The van der Waals surface area contributed by atoms with E-state index >= 15 is 0 Å². The van der Waals surface area contributed by atoms with Crippen LogP contribution in [0.3, 0.4) is 0 Å². The summed E-state index contributed by atoms with van der Waals surface area (Å²) in [5.74, 6) is 0.625. The van der Waals surface area contributed by atoms with Crippen molar-refractivity contribution in [3.05, 3.63) is 81.8 Å². The third-order valence-corrected chi connectivity index (χ3v) is 6.57. The summed E-state index contributed by atoms with van der Waals surface area (Å²) in [4.78, 5) is 31.7. The minimum Gasteiger partial charge on any atom is -0.486 e. The maximum atomic E-state index is 13.2. The van der Waals surface area contributed by atoms with Crippen molar-refractivity contribution < 1.29 is 14.3 Å². The van der Waals surface area contributed by atoms with Crippen LogP contribution in [0.2, 0.25) is 0 Å².